The second-order valence-corrected chi connectivity index (χ2v) is 12.3. The summed E-state index contributed by atoms with van der Waals surface area (Å²) in [7, 11) is 0. The van der Waals surface area contributed by atoms with Gasteiger partial charge >= 0.3 is 5.97 Å². The van der Waals surface area contributed by atoms with Crippen LogP contribution in [0.2, 0.25) is 0 Å². The summed E-state index contributed by atoms with van der Waals surface area (Å²) in [5.74, 6) is -2.15. The van der Waals surface area contributed by atoms with Crippen LogP contribution in [-0.2, 0) is 19.1 Å². The highest BCUT2D eigenvalue weighted by atomic mass is 32.2. The molecule has 0 saturated carbocycles. The van der Waals surface area contributed by atoms with Crippen LogP contribution in [0.5, 0.6) is 0 Å². The summed E-state index contributed by atoms with van der Waals surface area (Å²) in [5, 5.41) is 10.6. The molecule has 8 heteroatoms. The van der Waals surface area contributed by atoms with Gasteiger partial charge in [-0.05, 0) is 56.4 Å². The molecule has 2 aromatic carbocycles. The van der Waals surface area contributed by atoms with E-state index in [0.29, 0.717) is 6.42 Å². The maximum atomic E-state index is 14.8. The van der Waals surface area contributed by atoms with Gasteiger partial charge in [0.1, 0.15) is 6.04 Å². The number of carbonyl (C=O) groups is 3. The highest BCUT2D eigenvalue weighted by Gasteiger charge is 2.75. The third kappa shape index (κ3) is 4.38. The number of esters is 1. The minimum absolute atomic E-state index is 0.0756. The van der Waals surface area contributed by atoms with Gasteiger partial charge < -0.3 is 19.6 Å². The molecule has 5 rings (SSSR count). The number of aliphatic hydroxyl groups excluding tert-OH is 1. The summed E-state index contributed by atoms with van der Waals surface area (Å²) in [4.78, 5) is 45.7. The number of amides is 2. The summed E-state index contributed by atoms with van der Waals surface area (Å²) in [6.07, 6.45) is 3.07. The van der Waals surface area contributed by atoms with Crippen LogP contribution in [0.3, 0.4) is 0 Å². The molecule has 7 nitrogen and oxygen atoms in total. The van der Waals surface area contributed by atoms with E-state index in [-0.39, 0.29) is 42.8 Å². The van der Waals surface area contributed by atoms with E-state index in [1.54, 1.807) is 34.6 Å². The van der Waals surface area contributed by atoms with E-state index in [4.69, 9.17) is 4.74 Å². The number of fused-ring (bicyclic) bond motifs is 1. The predicted octanol–water partition coefficient (Wildman–Crippen LogP) is 4.21. The highest BCUT2D eigenvalue weighted by Crippen LogP contribution is 2.67. The zero-order valence-corrected chi connectivity index (χ0v) is 23.5. The van der Waals surface area contributed by atoms with Crippen LogP contribution in [0.15, 0.2) is 61.2 Å². The Morgan fingerprint density at radius 3 is 2.67 bits per heavy atom. The van der Waals surface area contributed by atoms with Crippen molar-refractivity contribution in [2.75, 3.05) is 24.7 Å². The lowest BCUT2D eigenvalue weighted by atomic mass is 9.71. The molecule has 6 atom stereocenters. The Balaban J connectivity index is 1.66. The fraction of sp³-hybridized carbons (Fsp3) is 0.452. The predicted molar refractivity (Wildman–Crippen MR) is 152 cm³/mol. The first-order valence-corrected chi connectivity index (χ1v) is 14.5. The summed E-state index contributed by atoms with van der Waals surface area (Å²) >= 11 is 1.60. The van der Waals surface area contributed by atoms with Gasteiger partial charge in [0.15, 0.2) is 0 Å². The number of carbonyl (C=O) groups excluding carboxylic acids is 3. The Bertz CT molecular complexity index is 1280. The van der Waals surface area contributed by atoms with Crippen molar-refractivity contribution in [2.24, 2.45) is 11.8 Å². The number of hydrogen-bond acceptors (Lipinski definition) is 6. The number of nitrogens with zero attached hydrogens (tertiary/aromatic N) is 2. The van der Waals surface area contributed by atoms with Gasteiger partial charge in [0.05, 0.1) is 35.8 Å². The Labute approximate surface area is 234 Å². The average Bonchev–Trinajstić information content (AvgIpc) is 3.57. The fourth-order valence-corrected chi connectivity index (χ4v) is 9.02. The number of aliphatic hydroxyl groups is 1. The zero-order valence-electron chi connectivity index (χ0n) is 22.7. The minimum Gasteiger partial charge on any atom is -0.466 e. The Kier molecular flexibility index (Phi) is 7.62. The van der Waals surface area contributed by atoms with Crippen molar-refractivity contribution in [3.8, 4) is 0 Å². The Morgan fingerprint density at radius 2 is 2.00 bits per heavy atom. The van der Waals surface area contributed by atoms with Crippen molar-refractivity contribution in [2.45, 2.75) is 55.7 Å². The number of anilines is 1. The van der Waals surface area contributed by atoms with Gasteiger partial charge in [0, 0.05) is 17.5 Å². The van der Waals surface area contributed by atoms with Gasteiger partial charge in [-0.15, -0.1) is 18.3 Å². The van der Waals surface area contributed by atoms with E-state index < -0.39 is 28.7 Å². The lowest BCUT2D eigenvalue weighted by Crippen LogP contribution is -2.56. The lowest BCUT2D eigenvalue weighted by molar-refractivity contribution is -0.154. The molecular weight excluding hydrogens is 512 g/mol. The average molecular weight is 549 g/mol. The van der Waals surface area contributed by atoms with Gasteiger partial charge in [0.25, 0.3) is 5.91 Å². The molecule has 0 aliphatic carbocycles. The molecule has 3 aliphatic rings. The molecule has 3 aliphatic heterocycles. The number of rotatable bonds is 9. The number of aryl methyl sites for hydroxylation is 2. The minimum atomic E-state index is -0.860. The zero-order chi connectivity index (χ0) is 27.9. The van der Waals surface area contributed by atoms with Crippen molar-refractivity contribution in [3.63, 3.8) is 0 Å². The van der Waals surface area contributed by atoms with Crippen molar-refractivity contribution in [1.29, 1.82) is 0 Å². The van der Waals surface area contributed by atoms with E-state index in [2.05, 4.69) is 6.58 Å². The number of ether oxygens (including phenoxy) is 1. The second kappa shape index (κ2) is 10.8. The molecule has 2 unspecified atom stereocenters. The third-order valence-corrected chi connectivity index (χ3v) is 10.4. The van der Waals surface area contributed by atoms with Crippen molar-refractivity contribution < 1.29 is 24.2 Å². The molecule has 0 radical (unpaired) electrons. The molecular formula is C31H36N2O5S. The molecule has 206 valence electrons. The third-order valence-electron chi connectivity index (χ3n) is 8.46. The van der Waals surface area contributed by atoms with Crippen LogP contribution in [0.1, 0.15) is 42.5 Å². The molecule has 2 amide bonds. The topological polar surface area (TPSA) is 87.2 Å². The first-order valence-electron chi connectivity index (χ1n) is 13.6. The first-order chi connectivity index (χ1) is 18.8. The van der Waals surface area contributed by atoms with E-state index in [0.717, 1.165) is 28.8 Å². The number of hydrogen-bond donors (Lipinski definition) is 1. The van der Waals surface area contributed by atoms with E-state index in [1.807, 2.05) is 62.4 Å². The van der Waals surface area contributed by atoms with Crippen molar-refractivity contribution in [1.82, 2.24) is 4.90 Å². The monoisotopic (exact) mass is 548 g/mol. The van der Waals surface area contributed by atoms with E-state index >= 15 is 0 Å². The van der Waals surface area contributed by atoms with E-state index in [1.165, 1.54) is 0 Å². The molecule has 3 heterocycles. The number of thioether (sulfide) groups is 1. The van der Waals surface area contributed by atoms with Gasteiger partial charge in [-0.25, -0.2) is 0 Å². The molecule has 1 N–H and O–H groups in total. The van der Waals surface area contributed by atoms with Crippen LogP contribution in [0, 0.1) is 25.7 Å². The molecule has 0 aromatic heterocycles. The van der Waals surface area contributed by atoms with Crippen LogP contribution in [0.4, 0.5) is 5.69 Å². The Hall–Kier alpha value is -3.10. The highest BCUT2D eigenvalue weighted by molar-refractivity contribution is 8.02. The normalized spacial score (nSPS) is 27.8. The summed E-state index contributed by atoms with van der Waals surface area (Å²) in [6, 6.07) is 13.7. The van der Waals surface area contributed by atoms with Crippen LogP contribution < -0.4 is 4.90 Å². The standard InChI is InChI=1S/C31H36N2O5S/c1-5-16-32(22-17-19(3)12-13-20(22)4)29(36)27-31-15-14-24(39-31)25(30(37)38-6-2)26(31)28(35)33(27)23(18-34)21-10-8-7-9-11-21/h5,7-13,17,23-27,34H,1,6,14-16,18H2,2-4H3/t23-,24-,25+,26+,27?,31?/m1/s1. The Morgan fingerprint density at radius 1 is 1.26 bits per heavy atom. The van der Waals surface area contributed by atoms with Gasteiger partial charge in [-0.2, -0.15) is 0 Å². The van der Waals surface area contributed by atoms with E-state index in [9.17, 15) is 19.5 Å². The van der Waals surface area contributed by atoms with Crippen molar-refractivity contribution >= 4 is 35.2 Å². The largest absolute Gasteiger partial charge is 0.466 e. The second-order valence-electron chi connectivity index (χ2n) is 10.7. The summed E-state index contributed by atoms with van der Waals surface area (Å²) in [5.41, 5.74) is 3.47. The van der Waals surface area contributed by atoms with Gasteiger partial charge in [0.2, 0.25) is 5.91 Å². The molecule has 1 spiro atoms. The molecule has 39 heavy (non-hydrogen) atoms. The first kappa shape index (κ1) is 27.5. The summed E-state index contributed by atoms with van der Waals surface area (Å²) in [6.45, 7) is 9.77. The number of likely N-dealkylation sites (tertiary alicyclic amines) is 1. The van der Waals surface area contributed by atoms with Crippen LogP contribution in [-0.4, -0.2) is 63.6 Å². The maximum Gasteiger partial charge on any atom is 0.310 e. The molecule has 2 aromatic rings. The fourth-order valence-electron chi connectivity index (χ4n) is 6.84. The quantitative estimate of drug-likeness (QED) is 0.373. The van der Waals surface area contributed by atoms with Crippen molar-refractivity contribution in [3.05, 3.63) is 77.9 Å². The number of benzene rings is 2. The molecule has 3 fully saturated rings. The SMILES string of the molecule is C=CCN(C(=O)C1N([C@H](CO)c2ccccc2)C(=O)[C@@H]2[C@@H](C(=O)OCC)[C@H]3CCC12S3)c1cc(C)ccc1C. The lowest BCUT2D eigenvalue weighted by Gasteiger charge is -2.40. The smallest absolute Gasteiger partial charge is 0.310 e. The maximum absolute atomic E-state index is 14.8. The van der Waals surface area contributed by atoms with Gasteiger partial charge in [-0.3, -0.25) is 14.4 Å². The van der Waals surface area contributed by atoms with Crippen LogP contribution in [0.25, 0.3) is 0 Å². The molecule has 2 bridgehead atoms. The van der Waals surface area contributed by atoms with Gasteiger partial charge in [-0.1, -0.05) is 48.5 Å². The van der Waals surface area contributed by atoms with Crippen LogP contribution >= 0.6 is 11.8 Å². The summed E-state index contributed by atoms with van der Waals surface area (Å²) < 4.78 is 4.66. The molecule has 3 saturated heterocycles.